The van der Waals surface area contributed by atoms with Gasteiger partial charge in [0.2, 0.25) is 0 Å². The van der Waals surface area contributed by atoms with Gasteiger partial charge in [0, 0.05) is 23.9 Å². The van der Waals surface area contributed by atoms with Crippen LogP contribution in [-0.2, 0) is 14.3 Å². The number of hydrogen-bond acceptors (Lipinski definition) is 5. The molecule has 1 rings (SSSR count). The number of amides is 1. The van der Waals surface area contributed by atoms with E-state index in [0.717, 1.165) is 0 Å². The maximum Gasteiger partial charge on any atom is 0.330 e. The van der Waals surface area contributed by atoms with Crippen molar-refractivity contribution in [1.82, 2.24) is 0 Å². The van der Waals surface area contributed by atoms with Crippen molar-refractivity contribution in [2.24, 2.45) is 0 Å². The van der Waals surface area contributed by atoms with Gasteiger partial charge in [0.1, 0.15) is 0 Å². The molecule has 0 saturated heterocycles. The number of rotatable bonds is 5. The summed E-state index contributed by atoms with van der Waals surface area (Å²) in [5.74, 6) is -1.20. The van der Waals surface area contributed by atoms with Crippen LogP contribution in [0.4, 0.5) is 11.4 Å². The Labute approximate surface area is 109 Å². The lowest BCUT2D eigenvalue weighted by Crippen LogP contribution is -2.20. The second-order valence-electron chi connectivity index (χ2n) is 3.46. The topological polar surface area (TPSA) is 98.5 Å². The summed E-state index contributed by atoms with van der Waals surface area (Å²) in [5.41, 5.74) is 0.130. The molecule has 0 radical (unpaired) electrons. The van der Waals surface area contributed by atoms with E-state index in [-0.39, 0.29) is 11.4 Å². The Bertz CT molecular complexity index is 525. The van der Waals surface area contributed by atoms with Crippen molar-refractivity contribution in [2.45, 2.75) is 6.92 Å². The SMILES string of the molecule is C/C=C/C(=O)OCC(=O)Nc1cccc([N+](=O)[O-])c1. The second kappa shape index (κ2) is 6.90. The van der Waals surface area contributed by atoms with Crippen LogP contribution in [0.15, 0.2) is 36.4 Å². The van der Waals surface area contributed by atoms with Crippen molar-refractivity contribution >= 4 is 23.3 Å². The lowest BCUT2D eigenvalue weighted by atomic mass is 10.3. The largest absolute Gasteiger partial charge is 0.452 e. The van der Waals surface area contributed by atoms with Crippen LogP contribution in [0.25, 0.3) is 0 Å². The molecule has 0 aliphatic carbocycles. The van der Waals surface area contributed by atoms with Gasteiger partial charge in [0.15, 0.2) is 6.61 Å². The van der Waals surface area contributed by atoms with Crippen LogP contribution in [0.2, 0.25) is 0 Å². The first-order valence-corrected chi connectivity index (χ1v) is 5.36. The van der Waals surface area contributed by atoms with Gasteiger partial charge in [0.25, 0.3) is 11.6 Å². The average Bonchev–Trinajstić information content (AvgIpc) is 2.37. The van der Waals surface area contributed by atoms with Gasteiger partial charge in [-0.25, -0.2) is 4.79 Å². The van der Waals surface area contributed by atoms with Gasteiger partial charge < -0.3 is 10.1 Å². The fourth-order valence-electron chi connectivity index (χ4n) is 1.22. The highest BCUT2D eigenvalue weighted by Gasteiger charge is 2.09. The minimum Gasteiger partial charge on any atom is -0.452 e. The highest BCUT2D eigenvalue weighted by Crippen LogP contribution is 2.16. The molecule has 0 heterocycles. The summed E-state index contributed by atoms with van der Waals surface area (Å²) in [6.07, 6.45) is 2.67. The third-order valence-electron chi connectivity index (χ3n) is 1.99. The Morgan fingerprint density at radius 2 is 2.21 bits per heavy atom. The van der Waals surface area contributed by atoms with E-state index in [0.29, 0.717) is 0 Å². The molecule has 0 aliphatic heterocycles. The number of esters is 1. The monoisotopic (exact) mass is 264 g/mol. The number of nitrogens with zero attached hydrogens (tertiary/aromatic N) is 1. The average molecular weight is 264 g/mol. The van der Waals surface area contributed by atoms with E-state index in [4.69, 9.17) is 0 Å². The highest BCUT2D eigenvalue weighted by atomic mass is 16.6. The first-order chi connectivity index (χ1) is 9.02. The molecule has 1 amide bonds. The van der Waals surface area contributed by atoms with Gasteiger partial charge in [-0.1, -0.05) is 12.1 Å². The molecule has 1 aromatic carbocycles. The van der Waals surface area contributed by atoms with E-state index in [2.05, 4.69) is 10.1 Å². The standard InChI is InChI=1S/C12H12N2O5/c1-2-4-12(16)19-8-11(15)13-9-5-3-6-10(7-9)14(17)18/h2-7H,8H2,1H3,(H,13,15)/b4-2+. The van der Waals surface area contributed by atoms with E-state index >= 15 is 0 Å². The molecular weight excluding hydrogens is 252 g/mol. The molecule has 1 aromatic rings. The number of hydrogen-bond donors (Lipinski definition) is 1. The quantitative estimate of drug-likeness (QED) is 0.377. The third kappa shape index (κ3) is 4.99. The summed E-state index contributed by atoms with van der Waals surface area (Å²) < 4.78 is 4.62. The predicted molar refractivity (Wildman–Crippen MR) is 67.5 cm³/mol. The maximum atomic E-state index is 11.4. The van der Waals surface area contributed by atoms with E-state index in [1.54, 1.807) is 6.92 Å². The van der Waals surface area contributed by atoms with Gasteiger partial charge in [-0.05, 0) is 13.0 Å². The number of nitro benzene ring substituents is 1. The summed E-state index contributed by atoms with van der Waals surface area (Å²) in [5, 5.41) is 12.9. The van der Waals surface area contributed by atoms with Gasteiger partial charge in [-0.2, -0.15) is 0 Å². The molecule has 0 aliphatic rings. The van der Waals surface area contributed by atoms with Gasteiger partial charge >= 0.3 is 5.97 Å². The first-order valence-electron chi connectivity index (χ1n) is 5.36. The van der Waals surface area contributed by atoms with Crippen LogP contribution in [-0.4, -0.2) is 23.4 Å². The fourth-order valence-corrected chi connectivity index (χ4v) is 1.22. The van der Waals surface area contributed by atoms with Crippen LogP contribution in [0.5, 0.6) is 0 Å². The molecule has 0 bridgehead atoms. The van der Waals surface area contributed by atoms with Crippen LogP contribution in [0.3, 0.4) is 0 Å². The molecule has 7 nitrogen and oxygen atoms in total. The summed E-state index contributed by atoms with van der Waals surface area (Å²) in [6, 6.07) is 5.46. The summed E-state index contributed by atoms with van der Waals surface area (Å²) in [4.78, 5) is 32.4. The van der Waals surface area contributed by atoms with Crippen molar-refractivity contribution in [3.8, 4) is 0 Å². The van der Waals surface area contributed by atoms with Crippen molar-refractivity contribution in [3.63, 3.8) is 0 Å². The molecule has 0 saturated carbocycles. The van der Waals surface area contributed by atoms with Gasteiger partial charge in [-0.3, -0.25) is 14.9 Å². The first kappa shape index (κ1) is 14.4. The van der Waals surface area contributed by atoms with Crippen LogP contribution in [0, 0.1) is 10.1 Å². The van der Waals surface area contributed by atoms with Crippen LogP contribution < -0.4 is 5.32 Å². The summed E-state index contributed by atoms with van der Waals surface area (Å²) in [7, 11) is 0. The number of nitro groups is 1. The van der Waals surface area contributed by atoms with Crippen molar-refractivity contribution in [3.05, 3.63) is 46.5 Å². The van der Waals surface area contributed by atoms with E-state index in [1.807, 2.05) is 0 Å². The Hall–Kier alpha value is -2.70. The Balaban J connectivity index is 2.55. The van der Waals surface area contributed by atoms with Gasteiger partial charge in [-0.15, -0.1) is 0 Å². The molecule has 0 fully saturated rings. The molecule has 100 valence electrons. The van der Waals surface area contributed by atoms with Crippen LogP contribution >= 0.6 is 0 Å². The number of ether oxygens (including phenoxy) is 1. The molecule has 1 N–H and O–H groups in total. The molecule has 0 spiro atoms. The van der Waals surface area contributed by atoms with Gasteiger partial charge in [0.05, 0.1) is 4.92 Å². The normalized spacial score (nSPS) is 10.2. The molecule has 7 heteroatoms. The minimum absolute atomic E-state index is 0.135. The number of benzene rings is 1. The number of carbonyl (C=O) groups is 2. The van der Waals surface area contributed by atoms with Crippen LogP contribution in [0.1, 0.15) is 6.92 Å². The lowest BCUT2D eigenvalue weighted by Gasteiger charge is -2.05. The zero-order valence-corrected chi connectivity index (χ0v) is 10.2. The highest BCUT2D eigenvalue weighted by molar-refractivity contribution is 5.93. The molecule has 0 aromatic heterocycles. The zero-order valence-electron chi connectivity index (χ0n) is 10.2. The van der Waals surface area contributed by atoms with E-state index in [1.165, 1.54) is 36.4 Å². The number of carbonyl (C=O) groups excluding carboxylic acids is 2. The van der Waals surface area contributed by atoms with Crippen molar-refractivity contribution in [1.29, 1.82) is 0 Å². The lowest BCUT2D eigenvalue weighted by molar-refractivity contribution is -0.384. The number of nitrogens with one attached hydrogen (secondary N) is 1. The summed E-state index contributed by atoms with van der Waals surface area (Å²) >= 11 is 0. The molecule has 0 atom stereocenters. The fraction of sp³-hybridized carbons (Fsp3) is 0.167. The minimum atomic E-state index is -0.628. The number of anilines is 1. The Morgan fingerprint density at radius 3 is 2.84 bits per heavy atom. The zero-order chi connectivity index (χ0) is 14.3. The van der Waals surface area contributed by atoms with E-state index in [9.17, 15) is 19.7 Å². The Morgan fingerprint density at radius 1 is 1.47 bits per heavy atom. The molecule has 19 heavy (non-hydrogen) atoms. The smallest absolute Gasteiger partial charge is 0.330 e. The predicted octanol–water partition coefficient (Wildman–Crippen LogP) is 1.65. The number of non-ortho nitro benzene ring substituents is 1. The third-order valence-corrected chi connectivity index (χ3v) is 1.99. The Kier molecular flexibility index (Phi) is 5.21. The second-order valence-corrected chi connectivity index (χ2v) is 3.46. The van der Waals surface area contributed by atoms with Crippen molar-refractivity contribution in [2.75, 3.05) is 11.9 Å². The maximum absolute atomic E-state index is 11.4. The van der Waals surface area contributed by atoms with E-state index < -0.39 is 23.4 Å². The number of allylic oxidation sites excluding steroid dienone is 1. The summed E-state index contributed by atoms with van der Waals surface area (Å²) in [6.45, 7) is 1.19. The van der Waals surface area contributed by atoms with Crippen molar-refractivity contribution < 1.29 is 19.2 Å². The molecular formula is C12H12N2O5. The molecule has 0 unspecified atom stereocenters.